The smallest absolute Gasteiger partial charge is 0.305 e. The van der Waals surface area contributed by atoms with Gasteiger partial charge in [0.25, 0.3) is 0 Å². The van der Waals surface area contributed by atoms with Gasteiger partial charge in [0.2, 0.25) is 23.6 Å². The topological polar surface area (TPSA) is 183 Å². The van der Waals surface area contributed by atoms with E-state index in [4.69, 9.17) is 10.8 Å². The number of hydrogen-bond donors (Lipinski definition) is 6. The Kier molecular flexibility index (Phi) is 9.17. The van der Waals surface area contributed by atoms with Crippen LogP contribution in [-0.4, -0.2) is 57.8 Å². The maximum absolute atomic E-state index is 13.1. The minimum atomic E-state index is -1.42. The fourth-order valence-electron chi connectivity index (χ4n) is 3.62. The molecule has 7 N–H and O–H groups in total. The van der Waals surface area contributed by atoms with Crippen LogP contribution in [0.2, 0.25) is 0 Å². The summed E-state index contributed by atoms with van der Waals surface area (Å²) in [6.45, 7) is 4.97. The van der Waals surface area contributed by atoms with Crippen molar-refractivity contribution in [3.63, 3.8) is 0 Å². The van der Waals surface area contributed by atoms with Crippen LogP contribution in [0.3, 0.4) is 0 Å². The molecule has 0 radical (unpaired) electrons. The first-order chi connectivity index (χ1) is 16.0. The SMILES string of the molecule is CC(=O)N[C@H](Cc1c[nH]c2ccccc12)C(=O)N[C@@H](CC(C)C)C(=O)NC(CC(=O)O)C(N)=O. The predicted molar refractivity (Wildman–Crippen MR) is 124 cm³/mol. The van der Waals surface area contributed by atoms with Gasteiger partial charge in [0.1, 0.15) is 18.1 Å². The van der Waals surface area contributed by atoms with Crippen LogP contribution in [0.5, 0.6) is 0 Å². The minimum absolute atomic E-state index is 0.0182. The lowest BCUT2D eigenvalue weighted by molar-refractivity contribution is -0.140. The molecule has 0 aliphatic heterocycles. The first-order valence-corrected chi connectivity index (χ1v) is 10.9. The number of fused-ring (bicyclic) bond motifs is 1. The molecule has 0 saturated carbocycles. The molecule has 0 fully saturated rings. The zero-order chi connectivity index (χ0) is 25.4. The first-order valence-electron chi connectivity index (χ1n) is 10.9. The van der Waals surface area contributed by atoms with E-state index in [0.29, 0.717) is 0 Å². The number of carboxylic acid groups (broad SMARTS) is 1. The number of para-hydroxylation sites is 1. The lowest BCUT2D eigenvalue weighted by Crippen LogP contribution is -2.57. The van der Waals surface area contributed by atoms with Gasteiger partial charge in [-0.3, -0.25) is 24.0 Å². The van der Waals surface area contributed by atoms with Crippen LogP contribution in [-0.2, 0) is 30.4 Å². The maximum Gasteiger partial charge on any atom is 0.305 e. The molecule has 11 nitrogen and oxygen atoms in total. The number of aromatic amines is 1. The summed E-state index contributed by atoms with van der Waals surface area (Å²) in [4.78, 5) is 63.4. The fourth-order valence-corrected chi connectivity index (χ4v) is 3.62. The van der Waals surface area contributed by atoms with Gasteiger partial charge in [-0.25, -0.2) is 0 Å². The van der Waals surface area contributed by atoms with Crippen molar-refractivity contribution in [3.8, 4) is 0 Å². The number of rotatable bonds is 12. The monoisotopic (exact) mass is 473 g/mol. The number of amides is 4. The summed E-state index contributed by atoms with van der Waals surface area (Å²) >= 11 is 0. The number of aliphatic carboxylic acids is 1. The summed E-state index contributed by atoms with van der Waals surface area (Å²) in [7, 11) is 0. The highest BCUT2D eigenvalue weighted by atomic mass is 16.4. The van der Waals surface area contributed by atoms with Gasteiger partial charge in [0.15, 0.2) is 0 Å². The molecule has 1 aromatic carbocycles. The average Bonchev–Trinajstić information content (AvgIpc) is 3.14. The van der Waals surface area contributed by atoms with Gasteiger partial charge >= 0.3 is 5.97 Å². The molecule has 0 spiro atoms. The van der Waals surface area contributed by atoms with Crippen molar-refractivity contribution in [2.45, 2.75) is 58.2 Å². The maximum atomic E-state index is 13.1. The largest absolute Gasteiger partial charge is 0.481 e. The summed E-state index contributed by atoms with van der Waals surface area (Å²) < 4.78 is 0. The minimum Gasteiger partial charge on any atom is -0.481 e. The van der Waals surface area contributed by atoms with E-state index in [1.54, 1.807) is 6.20 Å². The van der Waals surface area contributed by atoms with Gasteiger partial charge in [0.05, 0.1) is 6.42 Å². The molecule has 0 aliphatic carbocycles. The van der Waals surface area contributed by atoms with Crippen LogP contribution in [0, 0.1) is 5.92 Å². The van der Waals surface area contributed by atoms with Crippen molar-refractivity contribution in [2.24, 2.45) is 11.7 Å². The Hall–Kier alpha value is -3.89. The molecule has 4 amide bonds. The van der Waals surface area contributed by atoms with Crippen LogP contribution in [0.15, 0.2) is 30.5 Å². The van der Waals surface area contributed by atoms with Crippen molar-refractivity contribution in [1.82, 2.24) is 20.9 Å². The Balaban J connectivity index is 2.21. The third kappa shape index (κ3) is 7.61. The van der Waals surface area contributed by atoms with Gasteiger partial charge in [-0.1, -0.05) is 32.0 Å². The zero-order valence-corrected chi connectivity index (χ0v) is 19.4. The second kappa shape index (κ2) is 11.8. The zero-order valence-electron chi connectivity index (χ0n) is 19.4. The van der Waals surface area contributed by atoms with Crippen molar-refractivity contribution in [2.75, 3.05) is 0 Å². The first kappa shape index (κ1) is 26.4. The highest BCUT2D eigenvalue weighted by molar-refractivity contribution is 5.95. The van der Waals surface area contributed by atoms with E-state index in [9.17, 15) is 24.0 Å². The lowest BCUT2D eigenvalue weighted by atomic mass is 10.0. The number of carbonyl (C=O) groups is 5. The Morgan fingerprint density at radius 2 is 1.59 bits per heavy atom. The summed E-state index contributed by atoms with van der Waals surface area (Å²) in [6, 6.07) is 4.07. The second-order valence-electron chi connectivity index (χ2n) is 8.57. The Labute approximate surface area is 196 Å². The predicted octanol–water partition coefficient (Wildman–Crippen LogP) is 0.191. The summed E-state index contributed by atoms with van der Waals surface area (Å²) in [6.07, 6.45) is 1.47. The average molecular weight is 474 g/mol. The fraction of sp³-hybridized carbons (Fsp3) is 0.435. The van der Waals surface area contributed by atoms with Crippen LogP contribution in [0.4, 0.5) is 0 Å². The molecular weight excluding hydrogens is 442 g/mol. The van der Waals surface area contributed by atoms with E-state index in [1.165, 1.54) is 6.92 Å². The van der Waals surface area contributed by atoms with Crippen LogP contribution in [0.1, 0.15) is 39.2 Å². The molecule has 184 valence electrons. The number of hydrogen-bond acceptors (Lipinski definition) is 5. The Morgan fingerprint density at radius 3 is 2.18 bits per heavy atom. The second-order valence-corrected chi connectivity index (χ2v) is 8.57. The van der Waals surface area contributed by atoms with E-state index in [1.807, 2.05) is 38.1 Å². The van der Waals surface area contributed by atoms with E-state index in [0.717, 1.165) is 16.5 Å². The lowest BCUT2D eigenvalue weighted by Gasteiger charge is -2.25. The van der Waals surface area contributed by atoms with Gasteiger partial charge in [0, 0.05) is 30.4 Å². The molecular formula is C23H31N5O6. The number of aromatic nitrogens is 1. The van der Waals surface area contributed by atoms with E-state index in [2.05, 4.69) is 20.9 Å². The number of nitrogens with two attached hydrogens (primary N) is 1. The molecule has 1 heterocycles. The molecule has 2 rings (SSSR count). The van der Waals surface area contributed by atoms with E-state index in [-0.39, 0.29) is 18.8 Å². The third-order valence-electron chi connectivity index (χ3n) is 5.17. The standard InChI is InChI=1S/C23H31N5O6/c1-12(2)8-18(22(33)27-17(21(24)32)10-20(30)31)28-23(34)19(26-13(3)29)9-14-11-25-16-7-5-4-6-15(14)16/h4-7,11-12,17-19,25H,8-10H2,1-3H3,(H2,24,32)(H,26,29)(H,27,33)(H,28,34)(H,30,31)/t17?,18-,19+/m0/s1. The quantitative estimate of drug-likeness (QED) is 0.256. The normalized spacial score (nSPS) is 13.6. The molecule has 34 heavy (non-hydrogen) atoms. The molecule has 3 atom stereocenters. The van der Waals surface area contributed by atoms with Crippen LogP contribution >= 0.6 is 0 Å². The molecule has 0 bridgehead atoms. The van der Waals surface area contributed by atoms with Gasteiger partial charge in [-0.05, 0) is 24.0 Å². The van der Waals surface area contributed by atoms with Crippen LogP contribution in [0.25, 0.3) is 10.9 Å². The van der Waals surface area contributed by atoms with Gasteiger partial charge in [-0.2, -0.15) is 0 Å². The molecule has 11 heteroatoms. The number of carboxylic acids is 1. The molecule has 0 aliphatic rings. The number of nitrogens with one attached hydrogen (secondary N) is 4. The Morgan fingerprint density at radius 1 is 0.971 bits per heavy atom. The van der Waals surface area contributed by atoms with Crippen molar-refractivity contribution >= 4 is 40.5 Å². The summed E-state index contributed by atoms with van der Waals surface area (Å²) in [5.41, 5.74) is 6.90. The van der Waals surface area contributed by atoms with Crippen molar-refractivity contribution in [3.05, 3.63) is 36.0 Å². The number of carbonyl (C=O) groups excluding carboxylic acids is 4. The number of primary amides is 1. The molecule has 2 aromatic rings. The highest BCUT2D eigenvalue weighted by Gasteiger charge is 2.30. The number of benzene rings is 1. The van der Waals surface area contributed by atoms with Crippen LogP contribution < -0.4 is 21.7 Å². The van der Waals surface area contributed by atoms with Crippen molar-refractivity contribution in [1.29, 1.82) is 0 Å². The van der Waals surface area contributed by atoms with Gasteiger partial charge < -0.3 is 31.8 Å². The highest BCUT2D eigenvalue weighted by Crippen LogP contribution is 2.19. The van der Waals surface area contributed by atoms with E-state index >= 15 is 0 Å². The summed E-state index contributed by atoms with van der Waals surface area (Å²) in [5.74, 6) is -4.06. The Bertz CT molecular complexity index is 1060. The molecule has 1 unspecified atom stereocenters. The number of H-pyrrole nitrogens is 1. The van der Waals surface area contributed by atoms with E-state index < -0.39 is 54.1 Å². The molecule has 0 saturated heterocycles. The summed E-state index contributed by atoms with van der Waals surface area (Å²) in [5, 5.41) is 17.4. The van der Waals surface area contributed by atoms with Crippen molar-refractivity contribution < 1.29 is 29.1 Å². The van der Waals surface area contributed by atoms with Gasteiger partial charge in [-0.15, -0.1) is 0 Å². The third-order valence-corrected chi connectivity index (χ3v) is 5.17. The molecule has 1 aromatic heterocycles.